The zero-order chi connectivity index (χ0) is 45.8. The first-order chi connectivity index (χ1) is 31.0. The molecule has 0 fully saturated rings. The minimum absolute atomic E-state index is 0.0946. The lowest BCUT2D eigenvalue weighted by Gasteiger charge is -2.18. The van der Waals surface area contributed by atoms with Gasteiger partial charge in [-0.25, -0.2) is 0 Å². The van der Waals surface area contributed by atoms with Crippen molar-refractivity contribution in [1.82, 2.24) is 0 Å². The maximum Gasteiger partial charge on any atom is 0.306 e. The van der Waals surface area contributed by atoms with E-state index in [0.29, 0.717) is 19.3 Å². The molecule has 0 amide bonds. The molecule has 0 spiro atoms. The summed E-state index contributed by atoms with van der Waals surface area (Å²) < 4.78 is 16.7. The molecule has 1 atom stereocenters. The number of esters is 3. The molecular formula is C57H94O6. The van der Waals surface area contributed by atoms with E-state index in [1.54, 1.807) is 0 Å². The fourth-order valence-corrected chi connectivity index (χ4v) is 6.83. The Bertz CT molecular complexity index is 1280. The van der Waals surface area contributed by atoms with Crippen molar-refractivity contribution in [1.29, 1.82) is 0 Å². The highest BCUT2D eigenvalue weighted by molar-refractivity contribution is 5.71. The maximum absolute atomic E-state index is 12.8. The molecule has 0 aliphatic rings. The maximum atomic E-state index is 12.8. The Morgan fingerprint density at radius 1 is 0.317 bits per heavy atom. The summed E-state index contributed by atoms with van der Waals surface area (Å²) in [5, 5.41) is 0. The van der Waals surface area contributed by atoms with Crippen molar-refractivity contribution < 1.29 is 28.6 Å². The molecule has 6 heteroatoms. The van der Waals surface area contributed by atoms with Crippen molar-refractivity contribution in [2.75, 3.05) is 13.2 Å². The van der Waals surface area contributed by atoms with Crippen LogP contribution in [0.5, 0.6) is 0 Å². The van der Waals surface area contributed by atoms with Crippen LogP contribution in [0.25, 0.3) is 0 Å². The van der Waals surface area contributed by atoms with Gasteiger partial charge in [-0.2, -0.15) is 0 Å². The van der Waals surface area contributed by atoms with E-state index in [1.807, 2.05) is 24.3 Å². The van der Waals surface area contributed by atoms with E-state index < -0.39 is 6.10 Å². The highest BCUT2D eigenvalue weighted by Gasteiger charge is 2.19. The molecular weight excluding hydrogens is 781 g/mol. The predicted octanol–water partition coefficient (Wildman–Crippen LogP) is 17.0. The smallest absolute Gasteiger partial charge is 0.306 e. The molecule has 0 aromatic carbocycles. The molecule has 0 N–H and O–H groups in total. The average Bonchev–Trinajstić information content (AvgIpc) is 3.28. The van der Waals surface area contributed by atoms with Gasteiger partial charge in [0.15, 0.2) is 6.10 Å². The molecule has 0 aromatic heterocycles. The van der Waals surface area contributed by atoms with Gasteiger partial charge in [-0.3, -0.25) is 14.4 Å². The van der Waals surface area contributed by atoms with Crippen LogP contribution in [0, 0.1) is 0 Å². The van der Waals surface area contributed by atoms with Gasteiger partial charge < -0.3 is 14.2 Å². The van der Waals surface area contributed by atoms with E-state index >= 15 is 0 Å². The van der Waals surface area contributed by atoms with Gasteiger partial charge in [0.05, 0.1) is 0 Å². The lowest BCUT2D eigenvalue weighted by Crippen LogP contribution is -2.30. The van der Waals surface area contributed by atoms with E-state index in [-0.39, 0.29) is 31.1 Å². The molecule has 0 radical (unpaired) electrons. The molecule has 0 rings (SSSR count). The van der Waals surface area contributed by atoms with Gasteiger partial charge in [-0.15, -0.1) is 0 Å². The first-order valence-corrected chi connectivity index (χ1v) is 25.8. The van der Waals surface area contributed by atoms with Crippen molar-refractivity contribution in [2.24, 2.45) is 0 Å². The van der Waals surface area contributed by atoms with Gasteiger partial charge in [0, 0.05) is 19.3 Å². The van der Waals surface area contributed by atoms with Crippen molar-refractivity contribution in [2.45, 2.75) is 232 Å². The van der Waals surface area contributed by atoms with E-state index in [2.05, 4.69) is 93.7 Å². The van der Waals surface area contributed by atoms with Gasteiger partial charge in [0.1, 0.15) is 13.2 Å². The number of carbonyl (C=O) groups is 3. The molecule has 1 unspecified atom stereocenters. The second kappa shape index (κ2) is 51.0. The largest absolute Gasteiger partial charge is 0.462 e. The summed E-state index contributed by atoms with van der Waals surface area (Å²) in [6, 6.07) is 0. The molecule has 0 aromatic rings. The molecule has 358 valence electrons. The third-order valence-corrected chi connectivity index (χ3v) is 10.7. The lowest BCUT2D eigenvalue weighted by atomic mass is 10.1. The summed E-state index contributed by atoms with van der Waals surface area (Å²) in [7, 11) is 0. The molecule has 0 aliphatic heterocycles. The number of rotatable bonds is 45. The molecule has 63 heavy (non-hydrogen) atoms. The van der Waals surface area contributed by atoms with E-state index in [9.17, 15) is 14.4 Å². The molecule has 0 aliphatic carbocycles. The molecule has 0 bridgehead atoms. The molecule has 6 nitrogen and oxygen atoms in total. The number of carbonyl (C=O) groups excluding carboxylic acids is 3. The number of unbranched alkanes of at least 4 members (excludes halogenated alkanes) is 24. The molecule has 0 saturated heterocycles. The predicted molar refractivity (Wildman–Crippen MR) is 270 cm³/mol. The van der Waals surface area contributed by atoms with Crippen molar-refractivity contribution in [3.63, 3.8) is 0 Å². The minimum Gasteiger partial charge on any atom is -0.462 e. The second-order valence-corrected chi connectivity index (χ2v) is 16.9. The van der Waals surface area contributed by atoms with Gasteiger partial charge in [-0.1, -0.05) is 240 Å². The van der Waals surface area contributed by atoms with Crippen LogP contribution in [0.3, 0.4) is 0 Å². The summed E-state index contributed by atoms with van der Waals surface area (Å²) in [5.74, 6) is -0.946. The summed E-state index contributed by atoms with van der Waals surface area (Å²) in [6.07, 6.45) is 66.7. The fourth-order valence-electron chi connectivity index (χ4n) is 6.83. The van der Waals surface area contributed by atoms with Crippen molar-refractivity contribution in [3.05, 3.63) is 97.2 Å². The second-order valence-electron chi connectivity index (χ2n) is 16.9. The minimum atomic E-state index is -0.797. The Hall–Kier alpha value is -3.67. The summed E-state index contributed by atoms with van der Waals surface area (Å²) >= 11 is 0. The van der Waals surface area contributed by atoms with Gasteiger partial charge in [0.2, 0.25) is 0 Å². The van der Waals surface area contributed by atoms with E-state index in [4.69, 9.17) is 14.2 Å². The lowest BCUT2D eigenvalue weighted by molar-refractivity contribution is -0.167. The van der Waals surface area contributed by atoms with E-state index in [1.165, 1.54) is 77.0 Å². The number of hydrogen-bond donors (Lipinski definition) is 0. The summed E-state index contributed by atoms with van der Waals surface area (Å²) in [4.78, 5) is 37.9. The summed E-state index contributed by atoms with van der Waals surface area (Å²) in [6.45, 7) is 6.47. The van der Waals surface area contributed by atoms with Gasteiger partial charge in [0.25, 0.3) is 0 Å². The molecule has 0 saturated carbocycles. The van der Waals surface area contributed by atoms with Gasteiger partial charge in [-0.05, 0) is 64.2 Å². The summed E-state index contributed by atoms with van der Waals surface area (Å²) in [5.41, 5.74) is 0. The number of allylic oxidation sites excluding steroid dienone is 16. The normalized spacial score (nSPS) is 12.9. The zero-order valence-corrected chi connectivity index (χ0v) is 40.8. The van der Waals surface area contributed by atoms with Crippen LogP contribution in [-0.2, 0) is 28.6 Å². The standard InChI is InChI=1S/C57H94O6/c1-4-7-10-13-16-19-21-23-25-27-29-31-33-35-38-41-44-47-50-56(59)62-53-54(52-61-55(58)49-46-43-40-37-18-15-12-9-6-3)63-57(60)51-48-45-42-39-36-34-32-30-28-26-24-22-20-17-14-11-8-5-2/h10,13,16,19,21-32,54H,4-9,11-12,14-15,17-18,20,33-53H2,1-3H3/b13-10-,19-16-,23-21-,24-22-,27-25-,28-26-,31-29-,32-30-. The zero-order valence-electron chi connectivity index (χ0n) is 40.8. The Morgan fingerprint density at radius 3 is 0.952 bits per heavy atom. The SMILES string of the molecule is CCC\C=C/C=C\C=C/C=C\C=C/CCCCCCCC(=O)OCC(COC(=O)CCCCCCCCCCC)OC(=O)CCCCCCC\C=C/C=C\C=C/CCCCCCC. The van der Waals surface area contributed by atoms with Crippen LogP contribution in [0.2, 0.25) is 0 Å². The van der Waals surface area contributed by atoms with Crippen LogP contribution >= 0.6 is 0 Å². The first kappa shape index (κ1) is 59.3. The quantitative estimate of drug-likeness (QED) is 0.0262. The Morgan fingerprint density at radius 2 is 0.603 bits per heavy atom. The Labute approximate surface area is 387 Å². The van der Waals surface area contributed by atoms with Crippen LogP contribution in [0.1, 0.15) is 226 Å². The Kier molecular flexibility index (Phi) is 48.0. The van der Waals surface area contributed by atoms with Crippen LogP contribution < -0.4 is 0 Å². The van der Waals surface area contributed by atoms with Crippen LogP contribution in [0.4, 0.5) is 0 Å². The highest BCUT2D eigenvalue weighted by Crippen LogP contribution is 2.14. The van der Waals surface area contributed by atoms with Gasteiger partial charge >= 0.3 is 17.9 Å². The third kappa shape index (κ3) is 49.2. The monoisotopic (exact) mass is 875 g/mol. The highest BCUT2D eigenvalue weighted by atomic mass is 16.6. The number of ether oxygens (including phenoxy) is 3. The third-order valence-electron chi connectivity index (χ3n) is 10.7. The van der Waals surface area contributed by atoms with Crippen LogP contribution in [-0.4, -0.2) is 37.2 Å². The van der Waals surface area contributed by atoms with Crippen molar-refractivity contribution >= 4 is 17.9 Å². The number of hydrogen-bond acceptors (Lipinski definition) is 6. The van der Waals surface area contributed by atoms with E-state index in [0.717, 1.165) is 109 Å². The topological polar surface area (TPSA) is 78.9 Å². The Balaban J connectivity index is 4.45. The average molecular weight is 875 g/mol. The fraction of sp³-hybridized carbons (Fsp3) is 0.667. The van der Waals surface area contributed by atoms with Crippen molar-refractivity contribution in [3.8, 4) is 0 Å². The van der Waals surface area contributed by atoms with Crippen LogP contribution in [0.15, 0.2) is 97.2 Å². The first-order valence-electron chi connectivity index (χ1n) is 25.8. The molecule has 0 heterocycles.